The molecule has 3 rings (SSSR count). The summed E-state index contributed by atoms with van der Waals surface area (Å²) in [5, 5.41) is 4.04. The van der Waals surface area contributed by atoms with E-state index in [-0.39, 0.29) is 5.91 Å². The van der Waals surface area contributed by atoms with Gasteiger partial charge in [0.2, 0.25) is 0 Å². The third-order valence-corrected chi connectivity index (χ3v) is 4.11. The van der Waals surface area contributed by atoms with Crippen molar-refractivity contribution in [3.63, 3.8) is 0 Å². The van der Waals surface area contributed by atoms with Gasteiger partial charge in [0.05, 0.1) is 0 Å². The summed E-state index contributed by atoms with van der Waals surface area (Å²) < 4.78 is 0. The van der Waals surface area contributed by atoms with Gasteiger partial charge in [0, 0.05) is 32.7 Å². The Morgan fingerprint density at radius 3 is 2.57 bits per heavy atom. The highest BCUT2D eigenvalue weighted by atomic mass is 32.2. The smallest absolute Gasteiger partial charge is 0.255 e. The number of carbonyl (C=O) groups excluding carboxylic acids is 1. The fraction of sp³-hybridized carbons (Fsp3) is 0.118. The number of hydrogen-bond acceptors (Lipinski definition) is 2. The molecule has 0 bridgehead atoms. The van der Waals surface area contributed by atoms with Crippen molar-refractivity contribution in [1.29, 1.82) is 0 Å². The van der Waals surface area contributed by atoms with Crippen LogP contribution in [0.2, 0.25) is 0 Å². The molecule has 0 aliphatic rings. The Bertz CT molecular complexity index is 790. The Morgan fingerprint density at radius 1 is 1.10 bits per heavy atom. The zero-order valence-electron chi connectivity index (χ0n) is 11.9. The van der Waals surface area contributed by atoms with E-state index in [1.54, 1.807) is 11.8 Å². The van der Waals surface area contributed by atoms with E-state index in [0.29, 0.717) is 5.56 Å². The van der Waals surface area contributed by atoms with Crippen molar-refractivity contribution in [2.75, 3.05) is 11.6 Å². The van der Waals surface area contributed by atoms with Gasteiger partial charge >= 0.3 is 0 Å². The molecule has 3 nitrogen and oxygen atoms in total. The van der Waals surface area contributed by atoms with Crippen LogP contribution < -0.4 is 5.32 Å². The van der Waals surface area contributed by atoms with Crippen LogP contribution >= 0.6 is 11.8 Å². The number of aromatic amines is 1. The molecule has 1 aromatic heterocycles. The first-order valence-electron chi connectivity index (χ1n) is 6.70. The van der Waals surface area contributed by atoms with Crippen LogP contribution in [0.1, 0.15) is 16.1 Å². The van der Waals surface area contributed by atoms with Crippen LogP contribution in [0, 0.1) is 6.92 Å². The Morgan fingerprint density at radius 2 is 1.86 bits per heavy atom. The van der Waals surface area contributed by atoms with Crippen molar-refractivity contribution >= 4 is 34.3 Å². The minimum absolute atomic E-state index is 0.0886. The van der Waals surface area contributed by atoms with E-state index in [2.05, 4.69) is 16.4 Å². The molecule has 3 aromatic rings. The summed E-state index contributed by atoms with van der Waals surface area (Å²) in [5.74, 6) is -0.0886. The third-order valence-electron chi connectivity index (χ3n) is 3.37. The number of thioether (sulfide) groups is 1. The molecule has 0 saturated heterocycles. The number of fused-ring (bicyclic) bond motifs is 1. The van der Waals surface area contributed by atoms with Crippen LogP contribution in [0.25, 0.3) is 10.9 Å². The van der Waals surface area contributed by atoms with E-state index in [9.17, 15) is 4.79 Å². The molecular weight excluding hydrogens is 280 g/mol. The molecule has 1 amide bonds. The largest absolute Gasteiger partial charge is 0.359 e. The molecule has 1 heterocycles. The maximum atomic E-state index is 12.2. The Labute approximate surface area is 127 Å². The summed E-state index contributed by atoms with van der Waals surface area (Å²) in [7, 11) is 0. The summed E-state index contributed by atoms with van der Waals surface area (Å²) in [6.07, 6.45) is 2.02. The number of nitrogens with one attached hydrogen (secondary N) is 2. The van der Waals surface area contributed by atoms with Gasteiger partial charge in [-0.2, -0.15) is 0 Å². The molecule has 2 aromatic carbocycles. The van der Waals surface area contributed by atoms with Crippen molar-refractivity contribution in [3.8, 4) is 0 Å². The molecule has 0 aliphatic carbocycles. The molecule has 0 radical (unpaired) electrons. The van der Waals surface area contributed by atoms with Crippen LogP contribution in [0.3, 0.4) is 0 Å². The molecule has 106 valence electrons. The highest BCUT2D eigenvalue weighted by Gasteiger charge is 2.07. The maximum Gasteiger partial charge on any atom is 0.255 e. The quantitative estimate of drug-likeness (QED) is 0.701. The van der Waals surface area contributed by atoms with E-state index in [1.807, 2.05) is 55.6 Å². The minimum atomic E-state index is -0.0886. The normalized spacial score (nSPS) is 10.8. The highest BCUT2D eigenvalue weighted by molar-refractivity contribution is 7.98. The standard InChI is InChI=1S/C17H16N2OS/c1-11-9-13-10-14(5-8-16(13)18-11)19-17(20)12-3-6-15(21-2)7-4-12/h3-10,18H,1-2H3,(H,19,20). The second-order valence-corrected chi connectivity index (χ2v) is 5.82. The summed E-state index contributed by atoms with van der Waals surface area (Å²) in [6, 6.07) is 15.5. The molecule has 0 atom stereocenters. The van der Waals surface area contributed by atoms with E-state index in [4.69, 9.17) is 0 Å². The van der Waals surface area contributed by atoms with Crippen molar-refractivity contribution in [3.05, 3.63) is 59.8 Å². The predicted molar refractivity (Wildman–Crippen MR) is 89.2 cm³/mol. The molecular formula is C17H16N2OS. The predicted octanol–water partition coefficient (Wildman–Crippen LogP) is 4.45. The van der Waals surface area contributed by atoms with E-state index in [0.717, 1.165) is 27.2 Å². The number of rotatable bonds is 3. The summed E-state index contributed by atoms with van der Waals surface area (Å²) >= 11 is 1.66. The van der Waals surface area contributed by atoms with Gasteiger partial charge in [-0.25, -0.2) is 0 Å². The Hall–Kier alpha value is -2.20. The van der Waals surface area contributed by atoms with Crippen LogP contribution in [0.4, 0.5) is 5.69 Å². The SMILES string of the molecule is CSc1ccc(C(=O)Nc2ccc3[nH]c(C)cc3c2)cc1. The summed E-state index contributed by atoms with van der Waals surface area (Å²) in [5.41, 5.74) is 3.66. The van der Waals surface area contributed by atoms with Crippen molar-refractivity contribution < 1.29 is 4.79 Å². The van der Waals surface area contributed by atoms with Gasteiger partial charge in [-0.05, 0) is 61.7 Å². The average molecular weight is 296 g/mol. The van der Waals surface area contributed by atoms with Crippen molar-refractivity contribution in [2.45, 2.75) is 11.8 Å². The van der Waals surface area contributed by atoms with Crippen LogP contribution in [-0.2, 0) is 0 Å². The maximum absolute atomic E-state index is 12.2. The number of aromatic nitrogens is 1. The zero-order chi connectivity index (χ0) is 14.8. The van der Waals surface area contributed by atoms with Gasteiger partial charge in [0.1, 0.15) is 0 Å². The van der Waals surface area contributed by atoms with Crippen LogP contribution in [0.5, 0.6) is 0 Å². The number of carbonyl (C=O) groups is 1. The van der Waals surface area contributed by atoms with E-state index < -0.39 is 0 Å². The molecule has 21 heavy (non-hydrogen) atoms. The first kappa shape index (κ1) is 13.8. The molecule has 0 unspecified atom stereocenters. The number of benzene rings is 2. The third kappa shape index (κ3) is 2.95. The lowest BCUT2D eigenvalue weighted by Gasteiger charge is -2.06. The van der Waals surface area contributed by atoms with Gasteiger partial charge in [0.25, 0.3) is 5.91 Å². The lowest BCUT2D eigenvalue weighted by Crippen LogP contribution is -2.11. The lowest BCUT2D eigenvalue weighted by molar-refractivity contribution is 0.102. The molecule has 0 spiro atoms. The molecule has 2 N–H and O–H groups in total. The van der Waals surface area contributed by atoms with E-state index in [1.165, 1.54) is 0 Å². The number of anilines is 1. The number of hydrogen-bond donors (Lipinski definition) is 2. The van der Waals surface area contributed by atoms with Gasteiger partial charge in [-0.15, -0.1) is 11.8 Å². The molecule has 0 fully saturated rings. The van der Waals surface area contributed by atoms with Gasteiger partial charge in [-0.1, -0.05) is 0 Å². The van der Waals surface area contributed by atoms with Gasteiger partial charge < -0.3 is 10.3 Å². The van der Waals surface area contributed by atoms with Crippen molar-refractivity contribution in [1.82, 2.24) is 4.98 Å². The van der Waals surface area contributed by atoms with Gasteiger partial charge in [0.15, 0.2) is 0 Å². The first-order valence-corrected chi connectivity index (χ1v) is 7.93. The van der Waals surface area contributed by atoms with E-state index >= 15 is 0 Å². The zero-order valence-corrected chi connectivity index (χ0v) is 12.8. The van der Waals surface area contributed by atoms with Crippen LogP contribution in [-0.4, -0.2) is 17.1 Å². The number of amides is 1. The minimum Gasteiger partial charge on any atom is -0.359 e. The fourth-order valence-corrected chi connectivity index (χ4v) is 2.71. The molecule has 0 saturated carbocycles. The average Bonchev–Trinajstić information content (AvgIpc) is 2.86. The molecule has 0 aliphatic heterocycles. The monoisotopic (exact) mass is 296 g/mol. The summed E-state index contributed by atoms with van der Waals surface area (Å²) in [4.78, 5) is 16.6. The fourth-order valence-electron chi connectivity index (χ4n) is 2.30. The highest BCUT2D eigenvalue weighted by Crippen LogP contribution is 2.21. The second kappa shape index (κ2) is 5.66. The summed E-state index contributed by atoms with van der Waals surface area (Å²) in [6.45, 7) is 2.02. The Balaban J connectivity index is 1.81. The first-order chi connectivity index (χ1) is 10.2. The van der Waals surface area contributed by atoms with Gasteiger partial charge in [-0.3, -0.25) is 4.79 Å². The lowest BCUT2D eigenvalue weighted by atomic mass is 10.2. The number of H-pyrrole nitrogens is 1. The molecule has 4 heteroatoms. The topological polar surface area (TPSA) is 44.9 Å². The second-order valence-electron chi connectivity index (χ2n) is 4.94. The van der Waals surface area contributed by atoms with Crippen molar-refractivity contribution in [2.24, 2.45) is 0 Å². The number of aryl methyl sites for hydroxylation is 1. The Kier molecular flexibility index (Phi) is 3.71. The van der Waals surface area contributed by atoms with Crippen LogP contribution in [0.15, 0.2) is 53.4 Å².